The van der Waals surface area contributed by atoms with E-state index in [1.807, 2.05) is 0 Å². The molecule has 0 saturated carbocycles. The molecular weight excluding hydrogens is 384 g/mol. The van der Waals surface area contributed by atoms with Gasteiger partial charge in [-0.05, 0) is 44.8 Å². The molecule has 0 radical (unpaired) electrons. The van der Waals surface area contributed by atoms with Crippen molar-refractivity contribution in [1.29, 1.82) is 0 Å². The number of hydrogen-bond acceptors (Lipinski definition) is 4. The molecule has 6 rings (SSSR count). The van der Waals surface area contributed by atoms with Crippen molar-refractivity contribution < 1.29 is 9.47 Å². The van der Waals surface area contributed by atoms with Gasteiger partial charge in [0.2, 0.25) is 0 Å². The predicted octanol–water partition coefficient (Wildman–Crippen LogP) is 6.02. The first-order valence-corrected chi connectivity index (χ1v) is 10.7. The summed E-state index contributed by atoms with van der Waals surface area (Å²) in [7, 11) is 0. The quantitative estimate of drug-likeness (QED) is 0.416. The van der Waals surface area contributed by atoms with Gasteiger partial charge in [-0.25, -0.2) is 9.98 Å². The van der Waals surface area contributed by atoms with Crippen molar-refractivity contribution in [3.63, 3.8) is 0 Å². The fourth-order valence-electron chi connectivity index (χ4n) is 4.34. The molecule has 4 aromatic carbocycles. The van der Waals surface area contributed by atoms with Crippen LogP contribution in [0.3, 0.4) is 0 Å². The number of ether oxygens (including phenoxy) is 2. The highest BCUT2D eigenvalue weighted by Crippen LogP contribution is 2.30. The first-order chi connectivity index (χ1) is 15.3. The van der Waals surface area contributed by atoms with Crippen LogP contribution < -0.4 is 0 Å². The van der Waals surface area contributed by atoms with E-state index in [1.165, 1.54) is 32.7 Å². The number of nitrogens with zero attached hydrogens (tertiary/aromatic N) is 2. The van der Waals surface area contributed by atoms with Crippen LogP contribution >= 0.6 is 0 Å². The van der Waals surface area contributed by atoms with Gasteiger partial charge in [0, 0.05) is 0 Å². The monoisotopic (exact) mass is 406 g/mol. The van der Waals surface area contributed by atoms with E-state index in [0.717, 1.165) is 0 Å². The van der Waals surface area contributed by atoms with Gasteiger partial charge >= 0.3 is 0 Å². The maximum atomic E-state index is 5.88. The molecule has 0 spiro atoms. The van der Waals surface area contributed by atoms with Crippen molar-refractivity contribution in [2.45, 2.75) is 18.5 Å². The van der Waals surface area contributed by atoms with Gasteiger partial charge in [-0.1, -0.05) is 72.8 Å². The average Bonchev–Trinajstić information content (AvgIpc) is 3.49. The molecule has 2 heterocycles. The summed E-state index contributed by atoms with van der Waals surface area (Å²) in [5, 5.41) is 4.93. The minimum absolute atomic E-state index is 0.0258. The molecule has 152 valence electrons. The lowest BCUT2D eigenvalue weighted by atomic mass is 10.0. The summed E-state index contributed by atoms with van der Waals surface area (Å²) >= 11 is 0. The summed E-state index contributed by atoms with van der Waals surface area (Å²) in [5.74, 6) is 1.41. The molecule has 0 aliphatic carbocycles. The molecular formula is C27H22N2O2. The van der Waals surface area contributed by atoms with Crippen LogP contribution in [0.1, 0.15) is 29.6 Å². The summed E-state index contributed by atoms with van der Waals surface area (Å²) < 4.78 is 11.8. The van der Waals surface area contributed by atoms with E-state index in [9.17, 15) is 0 Å². The Morgan fingerprint density at radius 1 is 0.581 bits per heavy atom. The summed E-state index contributed by atoms with van der Waals surface area (Å²) in [5.41, 5.74) is 2.36. The van der Waals surface area contributed by atoms with Crippen molar-refractivity contribution >= 4 is 33.3 Å². The molecule has 0 fully saturated rings. The van der Waals surface area contributed by atoms with Gasteiger partial charge in [0.25, 0.3) is 0 Å². The smallest absolute Gasteiger partial charge is 0.193 e. The van der Waals surface area contributed by atoms with E-state index in [2.05, 4.69) is 84.9 Å². The highest BCUT2D eigenvalue weighted by Gasteiger charge is 2.26. The molecule has 2 atom stereocenters. The van der Waals surface area contributed by atoms with Crippen LogP contribution in [0.25, 0.3) is 21.5 Å². The van der Waals surface area contributed by atoms with Crippen LogP contribution in [-0.2, 0) is 9.47 Å². The van der Waals surface area contributed by atoms with Crippen molar-refractivity contribution in [3.8, 4) is 0 Å². The Bertz CT molecular complexity index is 1240. The molecule has 2 aliphatic rings. The molecule has 0 bridgehead atoms. The molecule has 0 saturated heterocycles. The lowest BCUT2D eigenvalue weighted by Gasteiger charge is -2.06. The molecule has 0 amide bonds. The zero-order chi connectivity index (χ0) is 20.6. The first kappa shape index (κ1) is 18.1. The van der Waals surface area contributed by atoms with Crippen molar-refractivity contribution in [1.82, 2.24) is 0 Å². The topological polar surface area (TPSA) is 43.2 Å². The molecule has 2 aliphatic heterocycles. The molecule has 4 aromatic rings. The van der Waals surface area contributed by atoms with Gasteiger partial charge < -0.3 is 9.47 Å². The second-order valence-corrected chi connectivity index (χ2v) is 8.09. The van der Waals surface area contributed by atoms with E-state index < -0.39 is 0 Å². The Morgan fingerprint density at radius 2 is 1.03 bits per heavy atom. The van der Waals surface area contributed by atoms with E-state index in [0.29, 0.717) is 31.4 Å². The minimum Gasteiger partial charge on any atom is -0.478 e. The Hall–Kier alpha value is -3.66. The molecule has 4 nitrogen and oxygen atoms in total. The average molecular weight is 406 g/mol. The Kier molecular flexibility index (Phi) is 4.42. The standard InChI is InChI=1S/C27H22N2O2/c1-3-7-20-13-22(11-9-18(20)5-1)24-16-30-26(28-24)15-27-29-25(17-31-27)23-12-10-19-6-2-4-8-21(19)14-23/h1-14,24-25H,15-17H2/t24-,25-/m0/s1. The largest absolute Gasteiger partial charge is 0.478 e. The fraction of sp³-hybridized carbons (Fsp3) is 0.185. The third kappa shape index (κ3) is 3.55. The summed E-state index contributed by atoms with van der Waals surface area (Å²) in [4.78, 5) is 9.60. The maximum Gasteiger partial charge on any atom is 0.193 e. The highest BCUT2D eigenvalue weighted by atomic mass is 16.5. The van der Waals surface area contributed by atoms with Gasteiger partial charge in [0.15, 0.2) is 11.8 Å². The summed E-state index contributed by atoms with van der Waals surface area (Å²) in [6.07, 6.45) is 0.508. The minimum atomic E-state index is 0.0258. The lowest BCUT2D eigenvalue weighted by Crippen LogP contribution is -2.08. The van der Waals surface area contributed by atoms with Gasteiger partial charge in [0.05, 0.1) is 6.42 Å². The van der Waals surface area contributed by atoms with Crippen molar-refractivity contribution in [2.24, 2.45) is 9.98 Å². The predicted molar refractivity (Wildman–Crippen MR) is 125 cm³/mol. The zero-order valence-corrected chi connectivity index (χ0v) is 17.1. The SMILES string of the molecule is c1ccc2cc([C@@H]3COC(CC4=N[C@H](c5ccc6ccccc6c5)CO4)=N3)ccc2c1. The van der Waals surface area contributed by atoms with Gasteiger partial charge in [0.1, 0.15) is 25.3 Å². The van der Waals surface area contributed by atoms with Crippen LogP contribution in [0.5, 0.6) is 0 Å². The van der Waals surface area contributed by atoms with Crippen LogP contribution in [0, 0.1) is 0 Å². The molecule has 0 aromatic heterocycles. The van der Waals surface area contributed by atoms with Crippen LogP contribution in [0.4, 0.5) is 0 Å². The Morgan fingerprint density at radius 3 is 1.52 bits per heavy atom. The van der Waals surface area contributed by atoms with Gasteiger partial charge in [-0.3, -0.25) is 0 Å². The van der Waals surface area contributed by atoms with Crippen LogP contribution in [0.15, 0.2) is 94.9 Å². The third-order valence-electron chi connectivity index (χ3n) is 6.03. The molecule has 0 unspecified atom stereocenters. The van der Waals surface area contributed by atoms with E-state index in [4.69, 9.17) is 19.5 Å². The van der Waals surface area contributed by atoms with Crippen LogP contribution in [0.2, 0.25) is 0 Å². The first-order valence-electron chi connectivity index (χ1n) is 10.7. The Balaban J connectivity index is 1.18. The Labute approximate surface area is 180 Å². The molecule has 4 heteroatoms. The third-order valence-corrected chi connectivity index (χ3v) is 6.03. The lowest BCUT2D eigenvalue weighted by molar-refractivity contribution is 0.300. The van der Waals surface area contributed by atoms with Crippen molar-refractivity contribution in [3.05, 3.63) is 96.1 Å². The molecule has 0 N–H and O–H groups in total. The second-order valence-electron chi connectivity index (χ2n) is 8.09. The van der Waals surface area contributed by atoms with Gasteiger partial charge in [-0.15, -0.1) is 0 Å². The van der Waals surface area contributed by atoms with Crippen molar-refractivity contribution in [2.75, 3.05) is 13.2 Å². The second kappa shape index (κ2) is 7.55. The van der Waals surface area contributed by atoms with E-state index in [1.54, 1.807) is 0 Å². The van der Waals surface area contributed by atoms with E-state index in [-0.39, 0.29) is 12.1 Å². The summed E-state index contributed by atoms with van der Waals surface area (Å²) in [6, 6.07) is 29.8. The zero-order valence-electron chi connectivity index (χ0n) is 17.1. The van der Waals surface area contributed by atoms with Crippen LogP contribution in [-0.4, -0.2) is 25.0 Å². The van der Waals surface area contributed by atoms with Gasteiger partial charge in [-0.2, -0.15) is 0 Å². The number of hydrogen-bond donors (Lipinski definition) is 0. The number of aliphatic imine (C=N–C) groups is 2. The van der Waals surface area contributed by atoms with E-state index >= 15 is 0 Å². The maximum absolute atomic E-state index is 5.88. The fourth-order valence-corrected chi connectivity index (χ4v) is 4.34. The highest BCUT2D eigenvalue weighted by molar-refractivity contribution is 5.98. The molecule has 31 heavy (non-hydrogen) atoms. The normalized spacial score (nSPS) is 20.4. The number of benzene rings is 4. The summed E-state index contributed by atoms with van der Waals surface area (Å²) in [6.45, 7) is 1.13. The number of fused-ring (bicyclic) bond motifs is 2. The number of rotatable bonds is 4.